The lowest BCUT2D eigenvalue weighted by molar-refractivity contribution is -0.123. The quantitative estimate of drug-likeness (QED) is 0.747. The van der Waals surface area contributed by atoms with Gasteiger partial charge in [-0.3, -0.25) is 4.79 Å². The van der Waals surface area contributed by atoms with E-state index in [2.05, 4.69) is 5.32 Å². The molecular formula is C15H24N2O2. The second kappa shape index (κ2) is 8.67. The van der Waals surface area contributed by atoms with E-state index in [1.54, 1.807) is 0 Å². The molecule has 0 aliphatic rings. The van der Waals surface area contributed by atoms with Gasteiger partial charge in [0.1, 0.15) is 0 Å². The van der Waals surface area contributed by atoms with Gasteiger partial charge in [0.05, 0.1) is 12.6 Å². The van der Waals surface area contributed by atoms with Gasteiger partial charge in [-0.25, -0.2) is 0 Å². The molecule has 2 atom stereocenters. The second-order valence-corrected chi connectivity index (χ2v) is 4.70. The maximum absolute atomic E-state index is 11.8. The van der Waals surface area contributed by atoms with Crippen LogP contribution in [0.1, 0.15) is 25.8 Å². The largest absolute Gasteiger partial charge is 0.380 e. The van der Waals surface area contributed by atoms with E-state index in [0.29, 0.717) is 19.6 Å². The number of hydrogen-bond donors (Lipinski definition) is 2. The van der Waals surface area contributed by atoms with Gasteiger partial charge in [-0.2, -0.15) is 0 Å². The normalized spacial score (nSPS) is 13.8. The summed E-state index contributed by atoms with van der Waals surface area (Å²) in [4.78, 5) is 11.8. The number of rotatable bonds is 8. The van der Waals surface area contributed by atoms with Crippen LogP contribution in [0.4, 0.5) is 0 Å². The van der Waals surface area contributed by atoms with Crippen LogP contribution in [0.15, 0.2) is 30.3 Å². The highest BCUT2D eigenvalue weighted by Crippen LogP contribution is 2.04. The summed E-state index contributed by atoms with van der Waals surface area (Å²) < 4.78 is 5.25. The Bertz CT molecular complexity index is 368. The van der Waals surface area contributed by atoms with Gasteiger partial charge in [-0.05, 0) is 32.3 Å². The van der Waals surface area contributed by atoms with Crippen molar-refractivity contribution in [2.75, 3.05) is 13.2 Å². The number of nitrogens with one attached hydrogen (secondary N) is 1. The first-order valence-corrected chi connectivity index (χ1v) is 6.81. The molecule has 1 aromatic rings. The molecule has 0 spiro atoms. The first-order chi connectivity index (χ1) is 9.13. The van der Waals surface area contributed by atoms with Gasteiger partial charge >= 0.3 is 0 Å². The molecule has 0 heterocycles. The monoisotopic (exact) mass is 264 g/mol. The predicted octanol–water partition coefficient (Wildman–Crippen LogP) is 1.49. The summed E-state index contributed by atoms with van der Waals surface area (Å²) >= 11 is 0. The lowest BCUT2D eigenvalue weighted by Crippen LogP contribution is -2.46. The van der Waals surface area contributed by atoms with Crippen LogP contribution in [0.2, 0.25) is 0 Å². The van der Waals surface area contributed by atoms with Crippen molar-refractivity contribution in [1.82, 2.24) is 5.32 Å². The van der Waals surface area contributed by atoms with E-state index < -0.39 is 6.04 Å². The van der Waals surface area contributed by atoms with E-state index in [1.165, 1.54) is 5.56 Å². The van der Waals surface area contributed by atoms with E-state index >= 15 is 0 Å². The minimum Gasteiger partial charge on any atom is -0.380 e. The summed E-state index contributed by atoms with van der Waals surface area (Å²) in [5.41, 5.74) is 7.09. The highest BCUT2D eigenvalue weighted by molar-refractivity contribution is 5.81. The first-order valence-electron chi connectivity index (χ1n) is 6.81. The van der Waals surface area contributed by atoms with Crippen LogP contribution in [0.5, 0.6) is 0 Å². The fourth-order valence-corrected chi connectivity index (χ4v) is 1.78. The molecule has 0 saturated heterocycles. The van der Waals surface area contributed by atoms with Crippen molar-refractivity contribution in [2.45, 2.75) is 38.8 Å². The first kappa shape index (κ1) is 15.7. The maximum Gasteiger partial charge on any atom is 0.237 e. The van der Waals surface area contributed by atoms with Crippen molar-refractivity contribution in [2.24, 2.45) is 5.73 Å². The number of carbonyl (C=O) groups is 1. The summed E-state index contributed by atoms with van der Waals surface area (Å²) in [6.07, 6.45) is 1.46. The average molecular weight is 264 g/mol. The predicted molar refractivity (Wildman–Crippen MR) is 76.8 cm³/mol. The summed E-state index contributed by atoms with van der Waals surface area (Å²) in [5.74, 6) is -0.108. The molecule has 2 unspecified atom stereocenters. The molecule has 1 rings (SSSR count). The zero-order valence-electron chi connectivity index (χ0n) is 11.8. The molecule has 1 aromatic carbocycles. The highest BCUT2D eigenvalue weighted by atomic mass is 16.5. The van der Waals surface area contributed by atoms with Gasteiger partial charge in [-0.15, -0.1) is 0 Å². The van der Waals surface area contributed by atoms with Crippen molar-refractivity contribution >= 4 is 5.91 Å². The number of benzene rings is 1. The van der Waals surface area contributed by atoms with Crippen LogP contribution in [-0.4, -0.2) is 31.2 Å². The van der Waals surface area contributed by atoms with Crippen LogP contribution in [-0.2, 0) is 16.0 Å². The van der Waals surface area contributed by atoms with Gasteiger partial charge in [0.25, 0.3) is 0 Å². The fourth-order valence-electron chi connectivity index (χ4n) is 1.78. The topological polar surface area (TPSA) is 64.3 Å². The molecule has 0 aromatic heterocycles. The Morgan fingerprint density at radius 3 is 2.68 bits per heavy atom. The molecule has 0 aliphatic carbocycles. The number of aryl methyl sites for hydroxylation is 1. The van der Waals surface area contributed by atoms with Crippen molar-refractivity contribution in [3.63, 3.8) is 0 Å². The summed E-state index contributed by atoms with van der Waals surface area (Å²) in [6.45, 7) is 5.02. The summed E-state index contributed by atoms with van der Waals surface area (Å²) in [7, 11) is 0. The Hall–Kier alpha value is -1.39. The average Bonchev–Trinajstić information content (AvgIpc) is 2.43. The molecule has 0 bridgehead atoms. The fraction of sp³-hybridized carbons (Fsp3) is 0.533. The van der Waals surface area contributed by atoms with Crippen molar-refractivity contribution in [3.05, 3.63) is 35.9 Å². The third-order valence-corrected chi connectivity index (χ3v) is 2.88. The van der Waals surface area contributed by atoms with Crippen molar-refractivity contribution in [1.29, 1.82) is 0 Å². The molecular weight excluding hydrogens is 240 g/mol. The number of nitrogens with two attached hydrogens (primary N) is 1. The van der Waals surface area contributed by atoms with Crippen LogP contribution in [0.3, 0.4) is 0 Å². The van der Waals surface area contributed by atoms with Crippen LogP contribution >= 0.6 is 0 Å². The number of ether oxygens (including phenoxy) is 1. The van der Waals surface area contributed by atoms with Crippen LogP contribution in [0, 0.1) is 0 Å². The van der Waals surface area contributed by atoms with Gasteiger partial charge in [-0.1, -0.05) is 30.3 Å². The molecule has 4 nitrogen and oxygen atoms in total. The molecule has 0 radical (unpaired) electrons. The van der Waals surface area contributed by atoms with Crippen molar-refractivity contribution < 1.29 is 9.53 Å². The highest BCUT2D eigenvalue weighted by Gasteiger charge is 2.15. The lowest BCUT2D eigenvalue weighted by atomic mass is 10.1. The van der Waals surface area contributed by atoms with E-state index in [0.717, 1.165) is 6.42 Å². The molecule has 0 saturated carbocycles. The van der Waals surface area contributed by atoms with Crippen molar-refractivity contribution in [3.8, 4) is 0 Å². The number of carbonyl (C=O) groups excluding carboxylic acids is 1. The zero-order chi connectivity index (χ0) is 14.1. The zero-order valence-corrected chi connectivity index (χ0v) is 11.8. The standard InChI is InChI=1S/C15H24N2O2/c1-3-19-11-12(2)17-15(18)14(16)10-9-13-7-5-4-6-8-13/h4-8,12,14H,3,9-11,16H2,1-2H3,(H,17,18). The van der Waals surface area contributed by atoms with E-state index in [-0.39, 0.29) is 11.9 Å². The van der Waals surface area contributed by atoms with Crippen LogP contribution in [0.25, 0.3) is 0 Å². The Kier molecular flexibility index (Phi) is 7.15. The second-order valence-electron chi connectivity index (χ2n) is 4.70. The van der Waals surface area contributed by atoms with E-state index in [9.17, 15) is 4.79 Å². The molecule has 4 heteroatoms. The summed E-state index contributed by atoms with van der Waals surface area (Å²) in [5, 5.41) is 2.86. The minimum atomic E-state index is -0.468. The number of amides is 1. The summed E-state index contributed by atoms with van der Waals surface area (Å²) in [6, 6.07) is 9.58. The molecule has 0 fully saturated rings. The number of hydrogen-bond acceptors (Lipinski definition) is 3. The Labute approximate surface area is 115 Å². The minimum absolute atomic E-state index is 0.00442. The third kappa shape index (κ3) is 6.36. The maximum atomic E-state index is 11.8. The van der Waals surface area contributed by atoms with Gasteiger partial charge in [0, 0.05) is 12.6 Å². The van der Waals surface area contributed by atoms with E-state index in [1.807, 2.05) is 44.2 Å². The third-order valence-electron chi connectivity index (χ3n) is 2.88. The van der Waals surface area contributed by atoms with Gasteiger partial charge < -0.3 is 15.8 Å². The molecule has 106 valence electrons. The molecule has 3 N–H and O–H groups in total. The SMILES string of the molecule is CCOCC(C)NC(=O)C(N)CCc1ccccc1. The molecule has 0 aliphatic heterocycles. The van der Waals surface area contributed by atoms with Gasteiger partial charge in [0.15, 0.2) is 0 Å². The smallest absolute Gasteiger partial charge is 0.237 e. The Balaban J connectivity index is 2.28. The Morgan fingerprint density at radius 1 is 1.37 bits per heavy atom. The van der Waals surface area contributed by atoms with Gasteiger partial charge in [0.2, 0.25) is 5.91 Å². The van der Waals surface area contributed by atoms with Crippen LogP contribution < -0.4 is 11.1 Å². The molecule has 19 heavy (non-hydrogen) atoms. The van der Waals surface area contributed by atoms with E-state index in [4.69, 9.17) is 10.5 Å². The lowest BCUT2D eigenvalue weighted by Gasteiger charge is -2.17. The molecule has 1 amide bonds. The Morgan fingerprint density at radius 2 is 2.05 bits per heavy atom.